The SMILES string of the molecule is C[C@@H]1OC(=O)C[C@@H]1[C@@]1(C)C=CC(=O)O1. The summed E-state index contributed by atoms with van der Waals surface area (Å²) < 4.78 is 10.2. The van der Waals surface area contributed by atoms with Crippen molar-refractivity contribution in [2.45, 2.75) is 32.0 Å². The Morgan fingerprint density at radius 3 is 2.64 bits per heavy atom. The first-order valence-electron chi connectivity index (χ1n) is 4.63. The van der Waals surface area contributed by atoms with Crippen LogP contribution in [0.1, 0.15) is 20.3 Å². The second kappa shape index (κ2) is 2.83. The lowest BCUT2D eigenvalue weighted by Gasteiger charge is -2.29. The molecule has 76 valence electrons. The lowest BCUT2D eigenvalue weighted by atomic mass is 9.84. The van der Waals surface area contributed by atoms with Crippen molar-refractivity contribution in [3.05, 3.63) is 12.2 Å². The van der Waals surface area contributed by atoms with E-state index in [2.05, 4.69) is 0 Å². The second-order valence-corrected chi connectivity index (χ2v) is 3.94. The smallest absolute Gasteiger partial charge is 0.331 e. The standard InChI is InChI=1S/C10H12O4/c1-6-7(5-9(12)13-6)10(2)4-3-8(11)14-10/h3-4,6-7H,5H2,1-2H3/t6-,7-,10+/m0/s1. The molecule has 0 aliphatic carbocycles. The van der Waals surface area contributed by atoms with Crippen molar-refractivity contribution < 1.29 is 19.1 Å². The van der Waals surface area contributed by atoms with Gasteiger partial charge < -0.3 is 9.47 Å². The minimum Gasteiger partial charge on any atom is -0.462 e. The van der Waals surface area contributed by atoms with Crippen molar-refractivity contribution in [1.82, 2.24) is 0 Å². The monoisotopic (exact) mass is 196 g/mol. The van der Waals surface area contributed by atoms with Gasteiger partial charge in [-0.15, -0.1) is 0 Å². The van der Waals surface area contributed by atoms with Gasteiger partial charge in [0.1, 0.15) is 11.7 Å². The van der Waals surface area contributed by atoms with Gasteiger partial charge in [-0.1, -0.05) is 0 Å². The maximum atomic E-state index is 11.1. The molecule has 0 unspecified atom stereocenters. The zero-order valence-electron chi connectivity index (χ0n) is 8.15. The van der Waals surface area contributed by atoms with Gasteiger partial charge in [-0.05, 0) is 19.9 Å². The fraction of sp³-hybridized carbons (Fsp3) is 0.600. The third-order valence-corrected chi connectivity index (χ3v) is 2.88. The van der Waals surface area contributed by atoms with E-state index in [0.717, 1.165) is 0 Å². The molecule has 0 aromatic heterocycles. The minimum absolute atomic E-state index is 0.0716. The highest BCUT2D eigenvalue weighted by molar-refractivity contribution is 5.85. The molecule has 0 radical (unpaired) electrons. The van der Waals surface area contributed by atoms with Crippen LogP contribution < -0.4 is 0 Å². The lowest BCUT2D eigenvalue weighted by Crippen LogP contribution is -2.37. The normalized spacial score (nSPS) is 41.3. The van der Waals surface area contributed by atoms with Gasteiger partial charge in [0.25, 0.3) is 0 Å². The summed E-state index contributed by atoms with van der Waals surface area (Å²) >= 11 is 0. The highest BCUT2D eigenvalue weighted by Crippen LogP contribution is 2.37. The van der Waals surface area contributed by atoms with Crippen LogP contribution in [0.2, 0.25) is 0 Å². The summed E-state index contributed by atoms with van der Waals surface area (Å²) in [5, 5.41) is 0. The highest BCUT2D eigenvalue weighted by Gasteiger charge is 2.47. The van der Waals surface area contributed by atoms with E-state index in [9.17, 15) is 9.59 Å². The Labute approximate surface area is 81.9 Å². The fourth-order valence-electron chi connectivity index (χ4n) is 2.07. The topological polar surface area (TPSA) is 52.6 Å². The molecule has 0 N–H and O–H groups in total. The predicted octanol–water partition coefficient (Wildman–Crippen LogP) is 0.810. The van der Waals surface area contributed by atoms with Crippen LogP contribution in [0.3, 0.4) is 0 Å². The zero-order valence-corrected chi connectivity index (χ0v) is 8.15. The third-order valence-electron chi connectivity index (χ3n) is 2.88. The largest absolute Gasteiger partial charge is 0.462 e. The fourth-order valence-corrected chi connectivity index (χ4v) is 2.07. The Kier molecular flexibility index (Phi) is 1.87. The van der Waals surface area contributed by atoms with Crippen molar-refractivity contribution >= 4 is 11.9 Å². The number of rotatable bonds is 1. The third kappa shape index (κ3) is 1.31. The van der Waals surface area contributed by atoms with E-state index in [1.165, 1.54) is 6.08 Å². The Morgan fingerprint density at radius 2 is 2.21 bits per heavy atom. The zero-order chi connectivity index (χ0) is 10.3. The van der Waals surface area contributed by atoms with Crippen LogP contribution in [0, 0.1) is 5.92 Å². The molecule has 2 rings (SSSR count). The molecule has 2 aliphatic rings. The lowest BCUT2D eigenvalue weighted by molar-refractivity contribution is -0.149. The van der Waals surface area contributed by atoms with Crippen molar-refractivity contribution in [1.29, 1.82) is 0 Å². The molecule has 0 aromatic rings. The van der Waals surface area contributed by atoms with E-state index < -0.39 is 5.60 Å². The number of esters is 2. The maximum absolute atomic E-state index is 11.1. The van der Waals surface area contributed by atoms with Crippen LogP contribution >= 0.6 is 0 Å². The number of cyclic esters (lactones) is 2. The van der Waals surface area contributed by atoms with Crippen LogP contribution in [0.25, 0.3) is 0 Å². The first-order valence-corrected chi connectivity index (χ1v) is 4.63. The van der Waals surface area contributed by atoms with Crippen molar-refractivity contribution in [2.75, 3.05) is 0 Å². The molecule has 2 heterocycles. The molecule has 3 atom stereocenters. The summed E-state index contributed by atoms with van der Waals surface area (Å²) in [7, 11) is 0. The molecule has 0 amide bonds. The van der Waals surface area contributed by atoms with Gasteiger partial charge in [0, 0.05) is 12.0 Å². The molecule has 0 bridgehead atoms. The predicted molar refractivity (Wildman–Crippen MR) is 47.3 cm³/mol. The Morgan fingerprint density at radius 1 is 1.50 bits per heavy atom. The van der Waals surface area contributed by atoms with E-state index in [1.807, 2.05) is 6.92 Å². The van der Waals surface area contributed by atoms with Gasteiger partial charge in [-0.25, -0.2) is 4.79 Å². The number of hydrogen-bond acceptors (Lipinski definition) is 4. The van der Waals surface area contributed by atoms with Crippen LogP contribution in [0.5, 0.6) is 0 Å². The van der Waals surface area contributed by atoms with E-state index in [-0.39, 0.29) is 24.0 Å². The first-order chi connectivity index (χ1) is 6.51. The van der Waals surface area contributed by atoms with Gasteiger partial charge in [0.15, 0.2) is 0 Å². The Bertz CT molecular complexity index is 320. The van der Waals surface area contributed by atoms with Gasteiger partial charge in [0.2, 0.25) is 0 Å². The number of carbonyl (C=O) groups is 2. The molecular weight excluding hydrogens is 184 g/mol. The molecule has 0 spiro atoms. The van der Waals surface area contributed by atoms with Crippen molar-refractivity contribution in [3.63, 3.8) is 0 Å². The molecular formula is C10H12O4. The molecule has 1 fully saturated rings. The van der Waals surface area contributed by atoms with Crippen LogP contribution in [0.15, 0.2) is 12.2 Å². The summed E-state index contributed by atoms with van der Waals surface area (Å²) in [4.78, 5) is 22.0. The minimum atomic E-state index is -0.678. The average molecular weight is 196 g/mol. The Balaban J connectivity index is 2.19. The maximum Gasteiger partial charge on any atom is 0.331 e. The Hall–Kier alpha value is -1.32. The molecule has 4 heteroatoms. The second-order valence-electron chi connectivity index (χ2n) is 3.94. The molecule has 2 aliphatic heterocycles. The van der Waals surface area contributed by atoms with Crippen LogP contribution in [0.4, 0.5) is 0 Å². The quantitative estimate of drug-likeness (QED) is 0.582. The molecule has 0 saturated carbocycles. The summed E-state index contributed by atoms with van der Waals surface area (Å²) in [6, 6.07) is 0. The number of ether oxygens (including phenoxy) is 2. The molecule has 14 heavy (non-hydrogen) atoms. The van der Waals surface area contributed by atoms with Gasteiger partial charge >= 0.3 is 11.9 Å². The van der Waals surface area contributed by atoms with Gasteiger partial charge in [-0.2, -0.15) is 0 Å². The van der Waals surface area contributed by atoms with Crippen molar-refractivity contribution in [3.8, 4) is 0 Å². The average Bonchev–Trinajstić information content (AvgIpc) is 2.57. The number of hydrogen-bond donors (Lipinski definition) is 0. The molecule has 1 saturated heterocycles. The number of carbonyl (C=O) groups excluding carboxylic acids is 2. The molecule has 4 nitrogen and oxygen atoms in total. The summed E-state index contributed by atoms with van der Waals surface area (Å²) in [6.45, 7) is 3.62. The van der Waals surface area contributed by atoms with E-state index >= 15 is 0 Å². The van der Waals surface area contributed by atoms with Gasteiger partial charge in [0.05, 0.1) is 6.42 Å². The molecule has 0 aromatic carbocycles. The van der Waals surface area contributed by atoms with E-state index in [4.69, 9.17) is 9.47 Å². The van der Waals surface area contributed by atoms with Crippen LogP contribution in [-0.4, -0.2) is 23.6 Å². The summed E-state index contributed by atoms with van der Waals surface area (Å²) in [6.07, 6.45) is 3.23. The van der Waals surface area contributed by atoms with E-state index in [1.54, 1.807) is 13.0 Å². The van der Waals surface area contributed by atoms with Crippen molar-refractivity contribution in [2.24, 2.45) is 5.92 Å². The summed E-state index contributed by atoms with van der Waals surface area (Å²) in [5.41, 5.74) is -0.678. The van der Waals surface area contributed by atoms with E-state index in [0.29, 0.717) is 6.42 Å². The highest BCUT2D eigenvalue weighted by atomic mass is 16.6. The van der Waals surface area contributed by atoms with Crippen LogP contribution in [-0.2, 0) is 19.1 Å². The summed E-state index contributed by atoms with van der Waals surface area (Å²) in [5.74, 6) is -0.642. The van der Waals surface area contributed by atoms with Gasteiger partial charge in [-0.3, -0.25) is 4.79 Å². The first kappa shape index (κ1) is 9.24.